The van der Waals surface area contributed by atoms with E-state index in [1.807, 2.05) is 26.0 Å². The first-order chi connectivity index (χ1) is 10.2. The molecule has 5 heteroatoms. The minimum atomic E-state index is 0. The number of ether oxygens (including phenoxy) is 1. The summed E-state index contributed by atoms with van der Waals surface area (Å²) < 4.78 is 5.73. The molecule has 1 aromatic rings. The van der Waals surface area contributed by atoms with E-state index in [1.54, 1.807) is 0 Å². The smallest absolute Gasteiger partial charge is 0.194 e. The Balaban J connectivity index is 0.00000242. The quantitative estimate of drug-likeness (QED) is 0.452. The zero-order chi connectivity index (χ0) is 15.1. The number of rotatable bonds is 5. The molecule has 2 rings (SSSR count). The van der Waals surface area contributed by atoms with Crippen LogP contribution in [-0.4, -0.2) is 36.6 Å². The van der Waals surface area contributed by atoms with Crippen molar-refractivity contribution < 1.29 is 4.74 Å². The predicted octanol–water partition coefficient (Wildman–Crippen LogP) is 3.65. The first-order valence-electron chi connectivity index (χ1n) is 7.98. The van der Waals surface area contributed by atoms with Crippen molar-refractivity contribution in [3.8, 4) is 5.75 Å². The van der Waals surface area contributed by atoms with Crippen LogP contribution in [0.4, 0.5) is 0 Å². The third-order valence-corrected chi connectivity index (χ3v) is 3.42. The summed E-state index contributed by atoms with van der Waals surface area (Å²) in [5.41, 5.74) is 1.18. The van der Waals surface area contributed by atoms with Gasteiger partial charge in [0.1, 0.15) is 5.75 Å². The molecule has 22 heavy (non-hydrogen) atoms. The topological polar surface area (TPSA) is 36.9 Å². The van der Waals surface area contributed by atoms with Crippen molar-refractivity contribution >= 4 is 29.9 Å². The summed E-state index contributed by atoms with van der Waals surface area (Å²) in [5.74, 6) is 1.95. The molecule has 1 aromatic carbocycles. The lowest BCUT2D eigenvalue weighted by molar-refractivity contribution is 0.242. The van der Waals surface area contributed by atoms with Crippen LogP contribution in [0.1, 0.15) is 39.2 Å². The molecule has 1 heterocycles. The van der Waals surface area contributed by atoms with Gasteiger partial charge in [-0.2, -0.15) is 0 Å². The Morgan fingerprint density at radius 3 is 2.68 bits per heavy atom. The van der Waals surface area contributed by atoms with Gasteiger partial charge in [0, 0.05) is 19.6 Å². The lowest BCUT2D eigenvalue weighted by Crippen LogP contribution is -2.39. The SMILES string of the molecule is CCNC(=NCc1cccc(OC(C)C)c1)N1CCCC1.I. The van der Waals surface area contributed by atoms with Crippen LogP contribution in [0.15, 0.2) is 29.3 Å². The van der Waals surface area contributed by atoms with Gasteiger partial charge in [-0.05, 0) is 51.3 Å². The van der Waals surface area contributed by atoms with Crippen LogP contribution >= 0.6 is 24.0 Å². The summed E-state index contributed by atoms with van der Waals surface area (Å²) >= 11 is 0. The minimum Gasteiger partial charge on any atom is -0.491 e. The van der Waals surface area contributed by atoms with Gasteiger partial charge in [0.15, 0.2) is 5.96 Å². The predicted molar refractivity (Wildman–Crippen MR) is 103 cm³/mol. The van der Waals surface area contributed by atoms with Gasteiger partial charge in [0.2, 0.25) is 0 Å². The van der Waals surface area contributed by atoms with Gasteiger partial charge in [-0.1, -0.05) is 12.1 Å². The lowest BCUT2D eigenvalue weighted by Gasteiger charge is -2.20. The number of guanidine groups is 1. The van der Waals surface area contributed by atoms with Gasteiger partial charge < -0.3 is 15.0 Å². The maximum Gasteiger partial charge on any atom is 0.194 e. The standard InChI is InChI=1S/C17H27N3O.HI/c1-4-18-17(20-10-5-6-11-20)19-13-15-8-7-9-16(12-15)21-14(2)3;/h7-9,12,14H,4-6,10-11,13H2,1-3H3,(H,18,19);1H. The van der Waals surface area contributed by atoms with E-state index in [0.717, 1.165) is 31.3 Å². The Bertz CT molecular complexity index is 471. The summed E-state index contributed by atoms with van der Waals surface area (Å²) in [4.78, 5) is 7.11. The van der Waals surface area contributed by atoms with Gasteiger partial charge in [0.25, 0.3) is 0 Å². The van der Waals surface area contributed by atoms with Crippen LogP contribution in [0.25, 0.3) is 0 Å². The molecular formula is C17H28IN3O. The fourth-order valence-electron chi connectivity index (χ4n) is 2.51. The van der Waals surface area contributed by atoms with Gasteiger partial charge in [0.05, 0.1) is 12.6 Å². The van der Waals surface area contributed by atoms with Crippen molar-refractivity contribution in [2.24, 2.45) is 4.99 Å². The second-order valence-corrected chi connectivity index (χ2v) is 5.68. The molecular weight excluding hydrogens is 389 g/mol. The summed E-state index contributed by atoms with van der Waals surface area (Å²) in [6, 6.07) is 8.21. The molecule has 0 bridgehead atoms. The summed E-state index contributed by atoms with van der Waals surface area (Å²) in [6.45, 7) is 10.0. The number of nitrogens with zero attached hydrogens (tertiary/aromatic N) is 2. The summed E-state index contributed by atoms with van der Waals surface area (Å²) in [6.07, 6.45) is 2.73. The number of hydrogen-bond acceptors (Lipinski definition) is 2. The number of benzene rings is 1. The van der Waals surface area contributed by atoms with E-state index in [1.165, 1.54) is 18.4 Å². The maximum atomic E-state index is 5.73. The van der Waals surface area contributed by atoms with Crippen molar-refractivity contribution in [1.82, 2.24) is 10.2 Å². The Labute approximate surface area is 151 Å². The molecule has 0 amide bonds. The molecule has 0 radical (unpaired) electrons. The van der Waals surface area contributed by atoms with E-state index in [-0.39, 0.29) is 30.1 Å². The van der Waals surface area contributed by atoms with Crippen LogP contribution < -0.4 is 10.1 Å². The number of halogens is 1. The molecule has 1 aliphatic heterocycles. The van der Waals surface area contributed by atoms with Crippen molar-refractivity contribution in [3.63, 3.8) is 0 Å². The summed E-state index contributed by atoms with van der Waals surface area (Å²) in [7, 11) is 0. The number of aliphatic imine (C=N–C) groups is 1. The van der Waals surface area contributed by atoms with E-state index in [2.05, 4.69) is 29.3 Å². The van der Waals surface area contributed by atoms with Gasteiger partial charge in [-0.3, -0.25) is 0 Å². The molecule has 124 valence electrons. The number of nitrogens with one attached hydrogen (secondary N) is 1. The molecule has 1 saturated heterocycles. The van der Waals surface area contributed by atoms with Crippen LogP contribution in [0.2, 0.25) is 0 Å². The van der Waals surface area contributed by atoms with E-state index in [9.17, 15) is 0 Å². The molecule has 1 N–H and O–H groups in total. The molecule has 1 aliphatic rings. The van der Waals surface area contributed by atoms with Gasteiger partial charge >= 0.3 is 0 Å². The van der Waals surface area contributed by atoms with E-state index in [0.29, 0.717) is 6.54 Å². The first-order valence-corrected chi connectivity index (χ1v) is 7.98. The number of likely N-dealkylation sites (tertiary alicyclic amines) is 1. The normalized spacial score (nSPS) is 14.9. The highest BCUT2D eigenvalue weighted by molar-refractivity contribution is 14.0. The van der Waals surface area contributed by atoms with E-state index in [4.69, 9.17) is 9.73 Å². The Morgan fingerprint density at radius 1 is 1.32 bits per heavy atom. The number of hydrogen-bond donors (Lipinski definition) is 1. The molecule has 1 fully saturated rings. The fourth-order valence-corrected chi connectivity index (χ4v) is 2.51. The molecule has 0 unspecified atom stereocenters. The van der Waals surface area contributed by atoms with E-state index < -0.39 is 0 Å². The molecule has 4 nitrogen and oxygen atoms in total. The van der Waals surface area contributed by atoms with Crippen molar-refractivity contribution in [3.05, 3.63) is 29.8 Å². The molecule has 0 atom stereocenters. The third-order valence-electron chi connectivity index (χ3n) is 3.42. The molecule has 0 spiro atoms. The Kier molecular flexibility index (Phi) is 8.60. The Morgan fingerprint density at radius 2 is 2.05 bits per heavy atom. The van der Waals surface area contributed by atoms with Crippen LogP contribution in [0.5, 0.6) is 5.75 Å². The Hall–Kier alpha value is -0.980. The highest BCUT2D eigenvalue weighted by Gasteiger charge is 2.15. The average molecular weight is 417 g/mol. The zero-order valence-electron chi connectivity index (χ0n) is 13.8. The molecule has 0 aliphatic carbocycles. The summed E-state index contributed by atoms with van der Waals surface area (Å²) in [5, 5.41) is 3.39. The van der Waals surface area contributed by atoms with Crippen LogP contribution in [-0.2, 0) is 6.54 Å². The second-order valence-electron chi connectivity index (χ2n) is 5.68. The molecule has 0 saturated carbocycles. The maximum absolute atomic E-state index is 5.73. The monoisotopic (exact) mass is 417 g/mol. The average Bonchev–Trinajstić information content (AvgIpc) is 2.97. The minimum absolute atomic E-state index is 0. The van der Waals surface area contributed by atoms with Crippen molar-refractivity contribution in [2.45, 2.75) is 46.3 Å². The second kappa shape index (κ2) is 9.92. The highest BCUT2D eigenvalue weighted by Crippen LogP contribution is 2.16. The van der Waals surface area contributed by atoms with Gasteiger partial charge in [-0.25, -0.2) is 4.99 Å². The van der Waals surface area contributed by atoms with Crippen LogP contribution in [0.3, 0.4) is 0 Å². The van der Waals surface area contributed by atoms with Crippen LogP contribution in [0, 0.1) is 0 Å². The van der Waals surface area contributed by atoms with Crippen molar-refractivity contribution in [2.75, 3.05) is 19.6 Å². The van der Waals surface area contributed by atoms with Crippen molar-refractivity contribution in [1.29, 1.82) is 0 Å². The highest BCUT2D eigenvalue weighted by atomic mass is 127. The fraction of sp³-hybridized carbons (Fsp3) is 0.588. The first kappa shape index (κ1) is 19.1. The lowest BCUT2D eigenvalue weighted by atomic mass is 10.2. The zero-order valence-corrected chi connectivity index (χ0v) is 16.2. The molecule has 0 aromatic heterocycles. The van der Waals surface area contributed by atoms with E-state index >= 15 is 0 Å². The third kappa shape index (κ3) is 6.02. The largest absolute Gasteiger partial charge is 0.491 e. The van der Waals surface area contributed by atoms with Gasteiger partial charge in [-0.15, -0.1) is 24.0 Å².